The lowest BCUT2D eigenvalue weighted by molar-refractivity contribution is -0.137. The first-order chi connectivity index (χ1) is 6.26. The highest BCUT2D eigenvalue weighted by Gasteiger charge is 2.40. The van der Waals surface area contributed by atoms with E-state index in [0.29, 0.717) is 5.41 Å². The number of hydrogen-bond acceptors (Lipinski definition) is 3. The van der Waals surface area contributed by atoms with Crippen LogP contribution in [0.3, 0.4) is 0 Å². The Morgan fingerprint density at radius 3 is 2.69 bits per heavy atom. The minimum atomic E-state index is -0.149. The van der Waals surface area contributed by atoms with Crippen molar-refractivity contribution in [3.8, 4) is 0 Å². The highest BCUT2D eigenvalue weighted by atomic mass is 16.5. The smallest absolute Gasteiger partial charge is 0.333 e. The van der Waals surface area contributed by atoms with Crippen LogP contribution in [0.1, 0.15) is 19.3 Å². The number of piperidine rings is 1. The number of ether oxygens (including phenoxy) is 1. The van der Waals surface area contributed by atoms with Crippen molar-refractivity contribution in [2.45, 2.75) is 19.3 Å². The lowest BCUT2D eigenvalue weighted by atomic mass is 9.65. The average Bonchev–Trinajstić information content (AvgIpc) is 2.14. The first kappa shape index (κ1) is 8.75. The molecule has 1 aliphatic carbocycles. The standard InChI is InChI=1S/C10H15NO2/c1-13-9(12)8-6-10(7-8)2-4-11-5-3-10/h6,11H,2-5,7H2,1H3. The molecule has 3 nitrogen and oxygen atoms in total. The zero-order chi connectivity index (χ0) is 9.31. The number of esters is 1. The molecule has 1 fully saturated rings. The first-order valence-corrected chi connectivity index (χ1v) is 4.77. The van der Waals surface area contributed by atoms with Gasteiger partial charge in [0.2, 0.25) is 0 Å². The van der Waals surface area contributed by atoms with E-state index in [2.05, 4.69) is 16.1 Å². The molecule has 0 unspecified atom stereocenters. The summed E-state index contributed by atoms with van der Waals surface area (Å²) >= 11 is 0. The van der Waals surface area contributed by atoms with Gasteiger partial charge in [0.05, 0.1) is 7.11 Å². The van der Waals surface area contributed by atoms with Gasteiger partial charge in [-0.15, -0.1) is 0 Å². The highest BCUT2D eigenvalue weighted by Crippen LogP contribution is 2.46. The number of carbonyl (C=O) groups excluding carboxylic acids is 1. The number of methoxy groups -OCH3 is 1. The lowest BCUT2D eigenvalue weighted by Crippen LogP contribution is -2.41. The molecule has 0 atom stereocenters. The van der Waals surface area contributed by atoms with E-state index in [-0.39, 0.29) is 5.97 Å². The van der Waals surface area contributed by atoms with Gasteiger partial charge in [0.15, 0.2) is 0 Å². The molecule has 1 spiro atoms. The van der Waals surface area contributed by atoms with Crippen LogP contribution < -0.4 is 5.32 Å². The van der Waals surface area contributed by atoms with Crippen LogP contribution in [-0.2, 0) is 9.53 Å². The Labute approximate surface area is 78.1 Å². The number of hydrogen-bond donors (Lipinski definition) is 1. The zero-order valence-corrected chi connectivity index (χ0v) is 7.93. The van der Waals surface area contributed by atoms with Gasteiger partial charge in [-0.1, -0.05) is 6.08 Å². The van der Waals surface area contributed by atoms with Gasteiger partial charge in [0.25, 0.3) is 0 Å². The number of allylic oxidation sites excluding steroid dienone is 1. The summed E-state index contributed by atoms with van der Waals surface area (Å²) in [6, 6.07) is 0. The summed E-state index contributed by atoms with van der Waals surface area (Å²) in [5.74, 6) is -0.149. The summed E-state index contributed by atoms with van der Waals surface area (Å²) in [6.45, 7) is 2.15. The second-order valence-corrected chi connectivity index (χ2v) is 3.95. The number of carbonyl (C=O) groups is 1. The molecule has 0 radical (unpaired) electrons. The minimum absolute atomic E-state index is 0.149. The van der Waals surface area contributed by atoms with Crippen molar-refractivity contribution in [1.82, 2.24) is 5.32 Å². The van der Waals surface area contributed by atoms with E-state index in [9.17, 15) is 4.79 Å². The van der Waals surface area contributed by atoms with E-state index >= 15 is 0 Å². The molecule has 3 heteroatoms. The molecule has 72 valence electrons. The van der Waals surface area contributed by atoms with Gasteiger partial charge in [-0.3, -0.25) is 0 Å². The molecule has 0 amide bonds. The second-order valence-electron chi connectivity index (χ2n) is 3.95. The van der Waals surface area contributed by atoms with Crippen molar-refractivity contribution in [2.75, 3.05) is 20.2 Å². The predicted octanol–water partition coefficient (Wildman–Crippen LogP) is 0.859. The Morgan fingerprint density at radius 1 is 1.54 bits per heavy atom. The monoisotopic (exact) mass is 181 g/mol. The number of nitrogens with one attached hydrogen (secondary N) is 1. The Morgan fingerprint density at radius 2 is 2.15 bits per heavy atom. The fraction of sp³-hybridized carbons (Fsp3) is 0.700. The van der Waals surface area contributed by atoms with Crippen LogP contribution in [0.4, 0.5) is 0 Å². The Kier molecular flexibility index (Phi) is 2.12. The molecular formula is C10H15NO2. The van der Waals surface area contributed by atoms with Gasteiger partial charge in [-0.2, -0.15) is 0 Å². The van der Waals surface area contributed by atoms with Crippen LogP contribution in [0.5, 0.6) is 0 Å². The van der Waals surface area contributed by atoms with Crippen LogP contribution in [0.15, 0.2) is 11.6 Å². The van der Waals surface area contributed by atoms with E-state index < -0.39 is 0 Å². The molecule has 1 saturated heterocycles. The molecule has 1 heterocycles. The van der Waals surface area contributed by atoms with E-state index in [1.54, 1.807) is 0 Å². The largest absolute Gasteiger partial charge is 0.466 e. The summed E-state index contributed by atoms with van der Waals surface area (Å²) in [5, 5.41) is 3.32. The predicted molar refractivity (Wildman–Crippen MR) is 49.3 cm³/mol. The third-order valence-electron chi connectivity index (χ3n) is 3.07. The molecule has 0 aromatic heterocycles. The normalized spacial score (nSPS) is 24.8. The molecule has 0 saturated carbocycles. The molecule has 0 aromatic rings. The fourth-order valence-corrected chi connectivity index (χ4v) is 2.23. The van der Waals surface area contributed by atoms with Gasteiger partial charge >= 0.3 is 5.97 Å². The van der Waals surface area contributed by atoms with Crippen molar-refractivity contribution >= 4 is 5.97 Å². The van der Waals surface area contributed by atoms with Crippen LogP contribution in [0.25, 0.3) is 0 Å². The van der Waals surface area contributed by atoms with Crippen LogP contribution in [0, 0.1) is 5.41 Å². The second kappa shape index (κ2) is 3.14. The van der Waals surface area contributed by atoms with Gasteiger partial charge < -0.3 is 10.1 Å². The molecule has 1 aliphatic heterocycles. The zero-order valence-electron chi connectivity index (χ0n) is 7.93. The maximum absolute atomic E-state index is 11.1. The fourth-order valence-electron chi connectivity index (χ4n) is 2.23. The van der Waals surface area contributed by atoms with E-state index in [1.807, 2.05) is 0 Å². The SMILES string of the molecule is COC(=O)C1=CC2(CCNCC2)C1. The molecule has 0 bridgehead atoms. The Balaban J connectivity index is 2.00. The number of rotatable bonds is 1. The summed E-state index contributed by atoms with van der Waals surface area (Å²) in [4.78, 5) is 11.1. The Hall–Kier alpha value is -0.830. The van der Waals surface area contributed by atoms with Crippen molar-refractivity contribution in [3.63, 3.8) is 0 Å². The van der Waals surface area contributed by atoms with Crippen LogP contribution in [0.2, 0.25) is 0 Å². The van der Waals surface area contributed by atoms with Gasteiger partial charge in [-0.05, 0) is 37.8 Å². The van der Waals surface area contributed by atoms with Crippen molar-refractivity contribution in [1.29, 1.82) is 0 Å². The van der Waals surface area contributed by atoms with Gasteiger partial charge in [0, 0.05) is 5.57 Å². The van der Waals surface area contributed by atoms with Crippen molar-refractivity contribution in [2.24, 2.45) is 5.41 Å². The Bertz CT molecular complexity index is 252. The summed E-state index contributed by atoms with van der Waals surface area (Å²) in [6.07, 6.45) is 5.35. The first-order valence-electron chi connectivity index (χ1n) is 4.77. The van der Waals surface area contributed by atoms with E-state index in [4.69, 9.17) is 0 Å². The third kappa shape index (κ3) is 1.48. The average molecular weight is 181 g/mol. The van der Waals surface area contributed by atoms with E-state index in [0.717, 1.165) is 37.9 Å². The molecule has 1 N–H and O–H groups in total. The molecular weight excluding hydrogens is 166 g/mol. The summed E-state index contributed by atoms with van der Waals surface area (Å²) in [7, 11) is 1.44. The topological polar surface area (TPSA) is 38.3 Å². The van der Waals surface area contributed by atoms with Crippen molar-refractivity contribution < 1.29 is 9.53 Å². The minimum Gasteiger partial charge on any atom is -0.466 e. The highest BCUT2D eigenvalue weighted by molar-refractivity contribution is 5.90. The lowest BCUT2D eigenvalue weighted by Gasteiger charge is -2.42. The molecule has 0 aromatic carbocycles. The van der Waals surface area contributed by atoms with E-state index in [1.165, 1.54) is 7.11 Å². The van der Waals surface area contributed by atoms with Gasteiger partial charge in [0.1, 0.15) is 0 Å². The van der Waals surface area contributed by atoms with Crippen LogP contribution in [-0.4, -0.2) is 26.2 Å². The van der Waals surface area contributed by atoms with Crippen LogP contribution >= 0.6 is 0 Å². The molecule has 2 rings (SSSR count). The van der Waals surface area contributed by atoms with Gasteiger partial charge in [-0.25, -0.2) is 4.79 Å². The summed E-state index contributed by atoms with van der Waals surface area (Å²) in [5.41, 5.74) is 1.19. The third-order valence-corrected chi connectivity index (χ3v) is 3.07. The van der Waals surface area contributed by atoms with Crippen molar-refractivity contribution in [3.05, 3.63) is 11.6 Å². The molecule has 2 aliphatic rings. The molecule has 13 heavy (non-hydrogen) atoms. The maximum atomic E-state index is 11.1. The maximum Gasteiger partial charge on any atom is 0.333 e. The quantitative estimate of drug-likeness (QED) is 0.610. The summed E-state index contributed by atoms with van der Waals surface area (Å²) < 4.78 is 4.67.